The third-order valence-corrected chi connectivity index (χ3v) is 3.76. The summed E-state index contributed by atoms with van der Waals surface area (Å²) in [6, 6.07) is 17.1. The molecule has 0 heterocycles. The average molecular weight is 328 g/mol. The summed E-state index contributed by atoms with van der Waals surface area (Å²) in [5, 5.41) is 12.9. The smallest absolute Gasteiger partial charge is 0.224 e. The number of benzene rings is 2. The molecule has 2 aromatic rings. The third kappa shape index (κ3) is 5.37. The highest BCUT2D eigenvalue weighted by Crippen LogP contribution is 2.20. The number of carbonyl (C=O) groups is 1. The van der Waals surface area contributed by atoms with Crippen molar-refractivity contribution in [1.29, 1.82) is 0 Å². The second-order valence-corrected chi connectivity index (χ2v) is 5.74. The average Bonchev–Trinajstić information content (AvgIpc) is 2.64. The summed E-state index contributed by atoms with van der Waals surface area (Å²) in [6.07, 6.45) is -0.792. The van der Waals surface area contributed by atoms with E-state index in [0.29, 0.717) is 17.9 Å². The van der Waals surface area contributed by atoms with Gasteiger partial charge in [-0.05, 0) is 23.3 Å². The summed E-state index contributed by atoms with van der Waals surface area (Å²) in [7, 11) is 0. The number of nitrogens with two attached hydrogens (primary N) is 1. The van der Waals surface area contributed by atoms with Gasteiger partial charge >= 0.3 is 0 Å². The van der Waals surface area contributed by atoms with Crippen LogP contribution < -0.4 is 15.8 Å². The molecule has 0 aliphatic carbocycles. The van der Waals surface area contributed by atoms with Crippen molar-refractivity contribution in [3.8, 4) is 5.75 Å². The van der Waals surface area contributed by atoms with Crippen LogP contribution in [0.3, 0.4) is 0 Å². The van der Waals surface area contributed by atoms with E-state index in [-0.39, 0.29) is 24.9 Å². The van der Waals surface area contributed by atoms with Crippen LogP contribution in [0.5, 0.6) is 5.75 Å². The maximum atomic E-state index is 11.7. The minimum atomic E-state index is -0.792. The first kappa shape index (κ1) is 18.0. The Morgan fingerprint density at radius 2 is 1.96 bits per heavy atom. The van der Waals surface area contributed by atoms with Gasteiger partial charge in [0.1, 0.15) is 12.4 Å². The van der Waals surface area contributed by atoms with Gasteiger partial charge in [-0.15, -0.1) is 0 Å². The minimum Gasteiger partial charge on any atom is -0.489 e. The number of hydrogen-bond donors (Lipinski definition) is 3. The van der Waals surface area contributed by atoms with Gasteiger partial charge in [0.25, 0.3) is 0 Å². The summed E-state index contributed by atoms with van der Waals surface area (Å²) in [4.78, 5) is 11.7. The maximum absolute atomic E-state index is 11.7. The van der Waals surface area contributed by atoms with Crippen LogP contribution in [-0.4, -0.2) is 24.1 Å². The number of aliphatic hydroxyl groups is 1. The molecule has 0 radical (unpaired) electrons. The highest BCUT2D eigenvalue weighted by atomic mass is 16.5. The molecule has 2 atom stereocenters. The fourth-order valence-electron chi connectivity index (χ4n) is 2.15. The van der Waals surface area contributed by atoms with Crippen molar-refractivity contribution in [2.75, 3.05) is 13.1 Å². The first-order chi connectivity index (χ1) is 11.6. The Labute approximate surface area is 142 Å². The Bertz CT molecular complexity index is 646. The molecule has 128 valence electrons. The highest BCUT2D eigenvalue weighted by molar-refractivity contribution is 5.78. The molecule has 5 heteroatoms. The standard InChI is InChI=1S/C19H24N2O3/c1-14(11-20)19(23)21-12-18(22)16-8-5-9-17(10-16)24-13-15-6-3-2-4-7-15/h2-10,14,18,22H,11-13,20H2,1H3,(H,21,23). The quantitative estimate of drug-likeness (QED) is 0.692. The molecule has 4 N–H and O–H groups in total. The Balaban J connectivity index is 1.90. The second kappa shape index (κ2) is 9.05. The van der Waals surface area contributed by atoms with Gasteiger partial charge in [-0.3, -0.25) is 4.79 Å². The van der Waals surface area contributed by atoms with Crippen molar-refractivity contribution in [1.82, 2.24) is 5.32 Å². The molecule has 2 rings (SSSR count). The second-order valence-electron chi connectivity index (χ2n) is 5.74. The van der Waals surface area contributed by atoms with E-state index in [4.69, 9.17) is 10.5 Å². The van der Waals surface area contributed by atoms with Crippen LogP contribution in [0.4, 0.5) is 0 Å². The number of aliphatic hydroxyl groups excluding tert-OH is 1. The summed E-state index contributed by atoms with van der Waals surface area (Å²) in [5.41, 5.74) is 7.22. The van der Waals surface area contributed by atoms with Crippen LogP contribution in [0, 0.1) is 5.92 Å². The molecule has 0 saturated heterocycles. The van der Waals surface area contributed by atoms with Gasteiger partial charge in [-0.25, -0.2) is 0 Å². The van der Waals surface area contributed by atoms with Gasteiger partial charge in [0.05, 0.1) is 6.10 Å². The monoisotopic (exact) mass is 328 g/mol. The van der Waals surface area contributed by atoms with Gasteiger partial charge in [-0.1, -0.05) is 49.4 Å². The SMILES string of the molecule is CC(CN)C(=O)NCC(O)c1cccc(OCc2ccccc2)c1. The van der Waals surface area contributed by atoms with Crippen LogP contribution >= 0.6 is 0 Å². The first-order valence-corrected chi connectivity index (χ1v) is 8.02. The van der Waals surface area contributed by atoms with Crippen molar-refractivity contribution >= 4 is 5.91 Å². The molecule has 0 aromatic heterocycles. The molecule has 0 spiro atoms. The van der Waals surface area contributed by atoms with Crippen molar-refractivity contribution < 1.29 is 14.6 Å². The molecule has 2 unspecified atom stereocenters. The van der Waals surface area contributed by atoms with E-state index in [1.807, 2.05) is 42.5 Å². The van der Waals surface area contributed by atoms with Crippen LogP contribution in [-0.2, 0) is 11.4 Å². The highest BCUT2D eigenvalue weighted by Gasteiger charge is 2.14. The zero-order valence-electron chi connectivity index (χ0n) is 13.8. The number of nitrogens with one attached hydrogen (secondary N) is 1. The zero-order valence-corrected chi connectivity index (χ0v) is 13.8. The van der Waals surface area contributed by atoms with Crippen molar-refractivity contribution in [2.24, 2.45) is 11.7 Å². The maximum Gasteiger partial charge on any atom is 0.224 e. The van der Waals surface area contributed by atoms with Crippen LogP contribution in [0.1, 0.15) is 24.2 Å². The van der Waals surface area contributed by atoms with Crippen LogP contribution in [0.2, 0.25) is 0 Å². The third-order valence-electron chi connectivity index (χ3n) is 3.76. The number of carbonyl (C=O) groups excluding carboxylic acids is 1. The normalized spacial score (nSPS) is 13.1. The molecule has 0 saturated carbocycles. The predicted octanol–water partition coefficient (Wildman–Crippen LogP) is 2.01. The lowest BCUT2D eigenvalue weighted by molar-refractivity contribution is -0.124. The van der Waals surface area contributed by atoms with Gasteiger partial charge in [0.15, 0.2) is 0 Å². The molecular weight excluding hydrogens is 304 g/mol. The summed E-state index contributed by atoms with van der Waals surface area (Å²) in [6.45, 7) is 2.64. The first-order valence-electron chi connectivity index (χ1n) is 8.02. The lowest BCUT2D eigenvalue weighted by Crippen LogP contribution is -2.35. The molecule has 1 amide bonds. The number of rotatable bonds is 8. The van der Waals surface area contributed by atoms with Crippen molar-refractivity contribution in [3.05, 3.63) is 65.7 Å². The van der Waals surface area contributed by atoms with Crippen LogP contribution in [0.15, 0.2) is 54.6 Å². The molecule has 2 aromatic carbocycles. The van der Waals surface area contributed by atoms with E-state index < -0.39 is 6.10 Å². The van der Waals surface area contributed by atoms with Crippen molar-refractivity contribution in [3.63, 3.8) is 0 Å². The van der Waals surface area contributed by atoms with Gasteiger partial charge in [0, 0.05) is 19.0 Å². The van der Waals surface area contributed by atoms with Crippen LogP contribution in [0.25, 0.3) is 0 Å². The molecule has 24 heavy (non-hydrogen) atoms. The van der Waals surface area contributed by atoms with E-state index >= 15 is 0 Å². The number of amides is 1. The van der Waals surface area contributed by atoms with E-state index in [2.05, 4.69) is 5.32 Å². The summed E-state index contributed by atoms with van der Waals surface area (Å²) >= 11 is 0. The van der Waals surface area contributed by atoms with E-state index in [1.165, 1.54) is 0 Å². The Morgan fingerprint density at radius 1 is 1.21 bits per heavy atom. The Morgan fingerprint density at radius 3 is 2.67 bits per heavy atom. The Hall–Kier alpha value is -2.37. The van der Waals surface area contributed by atoms with Gasteiger partial charge in [-0.2, -0.15) is 0 Å². The minimum absolute atomic E-state index is 0.144. The summed E-state index contributed by atoms with van der Waals surface area (Å²) < 4.78 is 5.75. The lowest BCUT2D eigenvalue weighted by Gasteiger charge is -2.15. The fourth-order valence-corrected chi connectivity index (χ4v) is 2.15. The Kier molecular flexibility index (Phi) is 6.78. The zero-order chi connectivity index (χ0) is 17.4. The van der Waals surface area contributed by atoms with E-state index in [1.54, 1.807) is 19.1 Å². The van der Waals surface area contributed by atoms with E-state index in [0.717, 1.165) is 5.56 Å². The molecule has 0 bridgehead atoms. The fraction of sp³-hybridized carbons (Fsp3) is 0.316. The van der Waals surface area contributed by atoms with Gasteiger partial charge < -0.3 is 20.9 Å². The molecule has 0 aliphatic rings. The topological polar surface area (TPSA) is 84.6 Å². The molecular formula is C19H24N2O3. The van der Waals surface area contributed by atoms with Gasteiger partial charge in [0.2, 0.25) is 5.91 Å². The molecule has 0 aliphatic heterocycles. The molecule has 0 fully saturated rings. The largest absolute Gasteiger partial charge is 0.489 e. The van der Waals surface area contributed by atoms with E-state index in [9.17, 15) is 9.90 Å². The number of ether oxygens (including phenoxy) is 1. The predicted molar refractivity (Wildman–Crippen MR) is 93.4 cm³/mol. The summed E-state index contributed by atoms with van der Waals surface area (Å²) in [5.74, 6) is 0.253. The number of hydrogen-bond acceptors (Lipinski definition) is 4. The lowest BCUT2D eigenvalue weighted by atomic mass is 10.1. The molecule has 5 nitrogen and oxygen atoms in total. The van der Waals surface area contributed by atoms with Crippen molar-refractivity contribution in [2.45, 2.75) is 19.6 Å².